The first-order valence-electron chi connectivity index (χ1n) is 6.28. The SMILES string of the molecule is CCC(C)C(NCc1cc(Cl)ccc1O)C(=O)OC. The van der Waals surface area contributed by atoms with E-state index < -0.39 is 6.04 Å². The number of hydrogen-bond donors (Lipinski definition) is 2. The first-order valence-corrected chi connectivity index (χ1v) is 6.66. The van der Waals surface area contributed by atoms with Crippen molar-refractivity contribution in [2.24, 2.45) is 5.92 Å². The number of carbonyl (C=O) groups is 1. The molecular weight excluding hydrogens is 266 g/mol. The van der Waals surface area contributed by atoms with E-state index in [9.17, 15) is 9.90 Å². The van der Waals surface area contributed by atoms with Crippen LogP contribution in [0.15, 0.2) is 18.2 Å². The lowest BCUT2D eigenvalue weighted by Crippen LogP contribution is -2.42. The zero-order chi connectivity index (χ0) is 14.4. The van der Waals surface area contributed by atoms with Gasteiger partial charge in [-0.05, 0) is 24.1 Å². The molecule has 4 nitrogen and oxygen atoms in total. The molecule has 0 aromatic heterocycles. The van der Waals surface area contributed by atoms with Crippen LogP contribution in [0, 0.1) is 5.92 Å². The van der Waals surface area contributed by atoms with Crippen molar-refractivity contribution in [3.63, 3.8) is 0 Å². The smallest absolute Gasteiger partial charge is 0.323 e. The Morgan fingerprint density at radius 2 is 2.21 bits per heavy atom. The van der Waals surface area contributed by atoms with Crippen molar-refractivity contribution in [3.8, 4) is 5.75 Å². The van der Waals surface area contributed by atoms with E-state index in [0.717, 1.165) is 6.42 Å². The maximum Gasteiger partial charge on any atom is 0.323 e. The van der Waals surface area contributed by atoms with Gasteiger partial charge in [0.05, 0.1) is 7.11 Å². The van der Waals surface area contributed by atoms with E-state index in [-0.39, 0.29) is 17.6 Å². The Morgan fingerprint density at radius 3 is 2.79 bits per heavy atom. The first-order chi connectivity index (χ1) is 8.99. The molecule has 0 saturated heterocycles. The fourth-order valence-corrected chi connectivity index (χ4v) is 1.99. The van der Waals surface area contributed by atoms with E-state index in [1.165, 1.54) is 13.2 Å². The monoisotopic (exact) mass is 285 g/mol. The highest BCUT2D eigenvalue weighted by molar-refractivity contribution is 6.30. The quantitative estimate of drug-likeness (QED) is 0.789. The second-order valence-corrected chi connectivity index (χ2v) is 4.98. The summed E-state index contributed by atoms with van der Waals surface area (Å²) in [7, 11) is 1.37. The molecule has 0 heterocycles. The van der Waals surface area contributed by atoms with Crippen LogP contribution in [0.5, 0.6) is 5.75 Å². The van der Waals surface area contributed by atoms with Gasteiger partial charge in [-0.25, -0.2) is 0 Å². The highest BCUT2D eigenvalue weighted by Gasteiger charge is 2.24. The van der Waals surface area contributed by atoms with Crippen molar-refractivity contribution in [3.05, 3.63) is 28.8 Å². The zero-order valence-electron chi connectivity index (χ0n) is 11.4. The average Bonchev–Trinajstić information content (AvgIpc) is 2.41. The minimum Gasteiger partial charge on any atom is -0.508 e. The van der Waals surface area contributed by atoms with Gasteiger partial charge in [-0.3, -0.25) is 10.1 Å². The standard InChI is InChI=1S/C14H20ClNO3/c1-4-9(2)13(14(18)19-3)16-8-10-7-11(15)5-6-12(10)17/h5-7,9,13,16-17H,4,8H2,1-3H3. The number of nitrogens with one attached hydrogen (secondary N) is 1. The lowest BCUT2D eigenvalue weighted by molar-refractivity contribution is -0.144. The fourth-order valence-electron chi connectivity index (χ4n) is 1.80. The number of phenols is 1. The van der Waals surface area contributed by atoms with E-state index in [2.05, 4.69) is 5.32 Å². The molecule has 106 valence electrons. The van der Waals surface area contributed by atoms with Gasteiger partial charge in [0.2, 0.25) is 0 Å². The molecule has 0 aliphatic rings. The van der Waals surface area contributed by atoms with Crippen molar-refractivity contribution in [2.45, 2.75) is 32.9 Å². The Hall–Kier alpha value is -1.26. The minimum atomic E-state index is -0.395. The van der Waals surface area contributed by atoms with E-state index in [1.807, 2.05) is 13.8 Å². The van der Waals surface area contributed by atoms with Crippen LogP contribution in [0.25, 0.3) is 0 Å². The largest absolute Gasteiger partial charge is 0.508 e. The van der Waals surface area contributed by atoms with Crippen molar-refractivity contribution in [1.29, 1.82) is 0 Å². The summed E-state index contributed by atoms with van der Waals surface area (Å²) in [6, 6.07) is 4.44. The maximum absolute atomic E-state index is 11.7. The van der Waals surface area contributed by atoms with Crippen molar-refractivity contribution >= 4 is 17.6 Å². The van der Waals surface area contributed by atoms with Gasteiger partial charge in [-0.2, -0.15) is 0 Å². The van der Waals surface area contributed by atoms with Crippen LogP contribution in [0.2, 0.25) is 5.02 Å². The Kier molecular flexibility index (Phi) is 6.12. The first kappa shape index (κ1) is 15.8. The lowest BCUT2D eigenvalue weighted by Gasteiger charge is -2.22. The summed E-state index contributed by atoms with van der Waals surface area (Å²) >= 11 is 5.88. The van der Waals surface area contributed by atoms with Gasteiger partial charge in [0, 0.05) is 17.1 Å². The van der Waals surface area contributed by atoms with Gasteiger partial charge in [0.1, 0.15) is 11.8 Å². The van der Waals surface area contributed by atoms with Gasteiger partial charge >= 0.3 is 5.97 Å². The van der Waals surface area contributed by atoms with Crippen LogP contribution in [-0.2, 0) is 16.1 Å². The van der Waals surface area contributed by atoms with Crippen molar-refractivity contribution < 1.29 is 14.6 Å². The molecule has 1 aromatic carbocycles. The van der Waals surface area contributed by atoms with Crippen LogP contribution in [-0.4, -0.2) is 24.2 Å². The molecule has 0 bridgehead atoms. The molecule has 0 amide bonds. The molecule has 0 aliphatic carbocycles. The summed E-state index contributed by atoms with van der Waals surface area (Å²) < 4.78 is 4.79. The normalized spacial score (nSPS) is 13.9. The molecule has 0 radical (unpaired) electrons. The minimum absolute atomic E-state index is 0.147. The predicted octanol–water partition coefficient (Wildman–Crippen LogP) is 2.72. The van der Waals surface area contributed by atoms with Crippen LogP contribution >= 0.6 is 11.6 Å². The number of aromatic hydroxyl groups is 1. The van der Waals surface area contributed by atoms with E-state index in [0.29, 0.717) is 17.1 Å². The highest BCUT2D eigenvalue weighted by Crippen LogP contribution is 2.21. The molecule has 1 rings (SSSR count). The average molecular weight is 286 g/mol. The van der Waals surface area contributed by atoms with Gasteiger partial charge in [-0.15, -0.1) is 0 Å². The number of phenolic OH excluding ortho intramolecular Hbond substituents is 1. The van der Waals surface area contributed by atoms with Crippen molar-refractivity contribution in [1.82, 2.24) is 5.32 Å². The summed E-state index contributed by atoms with van der Waals surface area (Å²) in [6.45, 7) is 4.35. The Bertz CT molecular complexity index is 437. The molecule has 0 saturated carbocycles. The summed E-state index contributed by atoms with van der Waals surface area (Å²) in [5.41, 5.74) is 0.657. The van der Waals surface area contributed by atoms with E-state index >= 15 is 0 Å². The molecule has 2 N–H and O–H groups in total. The molecule has 5 heteroatoms. The van der Waals surface area contributed by atoms with E-state index in [1.54, 1.807) is 12.1 Å². The predicted molar refractivity (Wildman–Crippen MR) is 75.2 cm³/mol. The molecule has 0 spiro atoms. The number of benzene rings is 1. The van der Waals surface area contributed by atoms with E-state index in [4.69, 9.17) is 16.3 Å². The number of halogens is 1. The van der Waals surface area contributed by atoms with Gasteiger partial charge < -0.3 is 9.84 Å². The number of hydrogen-bond acceptors (Lipinski definition) is 4. The number of methoxy groups -OCH3 is 1. The Morgan fingerprint density at radius 1 is 1.53 bits per heavy atom. The molecule has 1 aromatic rings. The zero-order valence-corrected chi connectivity index (χ0v) is 12.2. The van der Waals surface area contributed by atoms with Crippen LogP contribution in [0.1, 0.15) is 25.8 Å². The van der Waals surface area contributed by atoms with Gasteiger partial charge in [0.15, 0.2) is 0 Å². The second-order valence-electron chi connectivity index (χ2n) is 4.54. The Balaban J connectivity index is 2.75. The third-order valence-corrected chi connectivity index (χ3v) is 3.46. The van der Waals surface area contributed by atoms with Crippen LogP contribution < -0.4 is 5.32 Å². The number of ether oxygens (including phenoxy) is 1. The molecule has 19 heavy (non-hydrogen) atoms. The molecule has 2 unspecified atom stereocenters. The van der Waals surface area contributed by atoms with Crippen molar-refractivity contribution in [2.75, 3.05) is 7.11 Å². The fraction of sp³-hybridized carbons (Fsp3) is 0.500. The second kappa shape index (κ2) is 7.36. The third-order valence-electron chi connectivity index (χ3n) is 3.22. The van der Waals surface area contributed by atoms with Crippen LogP contribution in [0.4, 0.5) is 0 Å². The third kappa shape index (κ3) is 4.40. The summed E-state index contributed by atoms with van der Waals surface area (Å²) in [5.74, 6) is 0.00862. The molecule has 0 aliphatic heterocycles. The molecular formula is C14H20ClNO3. The summed E-state index contributed by atoms with van der Waals surface area (Å²) in [5, 5.41) is 13.4. The number of esters is 1. The highest BCUT2D eigenvalue weighted by atomic mass is 35.5. The molecule has 2 atom stereocenters. The maximum atomic E-state index is 11.7. The van der Waals surface area contributed by atoms with Gasteiger partial charge in [-0.1, -0.05) is 31.9 Å². The number of carbonyl (C=O) groups excluding carboxylic acids is 1. The Labute approximate surface area is 118 Å². The lowest BCUT2D eigenvalue weighted by atomic mass is 9.99. The van der Waals surface area contributed by atoms with Gasteiger partial charge in [0.25, 0.3) is 0 Å². The summed E-state index contributed by atoms with van der Waals surface area (Å²) in [4.78, 5) is 11.7. The number of rotatable bonds is 6. The topological polar surface area (TPSA) is 58.6 Å². The summed E-state index contributed by atoms with van der Waals surface area (Å²) in [6.07, 6.45) is 0.855. The van der Waals surface area contributed by atoms with Crippen LogP contribution in [0.3, 0.4) is 0 Å². The molecule has 0 fully saturated rings.